The summed E-state index contributed by atoms with van der Waals surface area (Å²) in [6, 6.07) is 12.0. The van der Waals surface area contributed by atoms with Crippen molar-refractivity contribution in [2.45, 2.75) is 47.1 Å². The van der Waals surface area contributed by atoms with Crippen LogP contribution >= 0.6 is 0 Å². The molecule has 0 heterocycles. The molecule has 0 saturated carbocycles. The van der Waals surface area contributed by atoms with Gasteiger partial charge >= 0.3 is 5.97 Å². The van der Waals surface area contributed by atoms with E-state index in [1.807, 2.05) is 50.1 Å². The fraction of sp³-hybridized carbons (Fsp3) is 0.391. The number of carbonyl (C=O) groups is 1. The lowest BCUT2D eigenvalue weighted by molar-refractivity contribution is 0.0472. The molecule has 0 fully saturated rings. The first-order chi connectivity index (χ1) is 12.8. The van der Waals surface area contributed by atoms with Crippen LogP contribution in [0.5, 0.6) is 0 Å². The van der Waals surface area contributed by atoms with Crippen molar-refractivity contribution in [3.8, 4) is 0 Å². The lowest BCUT2D eigenvalue weighted by Crippen LogP contribution is -2.14. The molecule has 0 saturated heterocycles. The van der Waals surface area contributed by atoms with Crippen molar-refractivity contribution in [2.24, 2.45) is 4.99 Å². The quantitative estimate of drug-likeness (QED) is 0.374. The molecule has 0 aliphatic heterocycles. The number of nitrogens with zero attached hydrogens (tertiary/aromatic N) is 2. The highest BCUT2D eigenvalue weighted by Crippen LogP contribution is 2.24. The maximum Gasteiger partial charge on any atom is 0.338 e. The number of esters is 1. The Morgan fingerprint density at radius 1 is 1.15 bits per heavy atom. The maximum atomic E-state index is 12.5. The van der Waals surface area contributed by atoms with E-state index in [9.17, 15) is 4.79 Å². The second-order valence-corrected chi connectivity index (χ2v) is 7.24. The summed E-state index contributed by atoms with van der Waals surface area (Å²) >= 11 is 0. The topological polar surface area (TPSA) is 41.9 Å². The zero-order valence-electron chi connectivity index (χ0n) is 17.2. The lowest BCUT2D eigenvalue weighted by Gasteiger charge is -2.12. The number of hydrogen-bond acceptors (Lipinski definition) is 3. The van der Waals surface area contributed by atoms with Gasteiger partial charge in [-0.2, -0.15) is 0 Å². The molecular formula is C23H30N2O2. The van der Waals surface area contributed by atoms with E-state index in [1.165, 1.54) is 5.56 Å². The Morgan fingerprint density at radius 3 is 2.41 bits per heavy atom. The van der Waals surface area contributed by atoms with E-state index in [0.717, 1.165) is 28.9 Å². The van der Waals surface area contributed by atoms with Crippen molar-refractivity contribution in [1.29, 1.82) is 0 Å². The second-order valence-electron chi connectivity index (χ2n) is 7.24. The van der Waals surface area contributed by atoms with Crippen LogP contribution in [0.4, 0.5) is 5.69 Å². The van der Waals surface area contributed by atoms with Crippen molar-refractivity contribution < 1.29 is 9.53 Å². The van der Waals surface area contributed by atoms with Gasteiger partial charge in [0.2, 0.25) is 0 Å². The molecule has 0 aromatic heterocycles. The number of ether oxygens (including phenoxy) is 1. The Bertz CT molecular complexity index is 808. The van der Waals surface area contributed by atoms with Crippen molar-refractivity contribution in [3.05, 3.63) is 64.2 Å². The van der Waals surface area contributed by atoms with Crippen LogP contribution in [0.25, 0.3) is 0 Å². The van der Waals surface area contributed by atoms with Crippen LogP contribution in [0, 0.1) is 13.8 Å². The standard InChI is InChI=1S/C23H30N2O2/c1-7-25(6)15-24-22-13-17(4)21(12-18(22)5)23(26)27-14-19-8-10-20(11-9-19)16(2)3/h8-13,15-16H,7,14H2,1-6H3. The van der Waals surface area contributed by atoms with Gasteiger partial charge in [-0.05, 0) is 61.1 Å². The molecule has 2 aromatic rings. The van der Waals surface area contributed by atoms with Crippen LogP contribution < -0.4 is 0 Å². The van der Waals surface area contributed by atoms with Gasteiger partial charge in [0, 0.05) is 13.6 Å². The van der Waals surface area contributed by atoms with E-state index < -0.39 is 0 Å². The summed E-state index contributed by atoms with van der Waals surface area (Å²) < 4.78 is 5.52. The molecule has 0 unspecified atom stereocenters. The van der Waals surface area contributed by atoms with Crippen LogP contribution in [0.1, 0.15) is 59.3 Å². The molecular weight excluding hydrogens is 336 g/mol. The largest absolute Gasteiger partial charge is 0.457 e. The zero-order chi connectivity index (χ0) is 20.0. The molecule has 144 valence electrons. The molecule has 0 amide bonds. The molecule has 0 aliphatic rings. The molecule has 4 heteroatoms. The third-order valence-corrected chi connectivity index (χ3v) is 4.67. The number of hydrogen-bond donors (Lipinski definition) is 0. The van der Waals surface area contributed by atoms with Crippen molar-refractivity contribution >= 4 is 18.0 Å². The third-order valence-electron chi connectivity index (χ3n) is 4.67. The van der Waals surface area contributed by atoms with Gasteiger partial charge in [0.15, 0.2) is 0 Å². The van der Waals surface area contributed by atoms with E-state index >= 15 is 0 Å². The van der Waals surface area contributed by atoms with E-state index in [4.69, 9.17) is 4.74 Å². The van der Waals surface area contributed by atoms with E-state index in [1.54, 1.807) is 6.34 Å². The van der Waals surface area contributed by atoms with Crippen LogP contribution in [0.15, 0.2) is 41.4 Å². The first-order valence-corrected chi connectivity index (χ1v) is 9.43. The van der Waals surface area contributed by atoms with Crippen molar-refractivity contribution in [3.63, 3.8) is 0 Å². The summed E-state index contributed by atoms with van der Waals surface area (Å²) in [5.74, 6) is 0.190. The SMILES string of the molecule is CCN(C)C=Nc1cc(C)c(C(=O)OCc2ccc(C(C)C)cc2)cc1C. The van der Waals surface area contributed by atoms with Gasteiger partial charge in [-0.3, -0.25) is 0 Å². The number of carbonyl (C=O) groups excluding carboxylic acids is 1. The average molecular weight is 367 g/mol. The predicted octanol–water partition coefficient (Wildman–Crippen LogP) is 5.40. The monoisotopic (exact) mass is 366 g/mol. The Hall–Kier alpha value is -2.62. The summed E-state index contributed by atoms with van der Waals surface area (Å²) in [5.41, 5.74) is 5.55. The maximum absolute atomic E-state index is 12.5. The number of aliphatic imine (C=N–C) groups is 1. The van der Waals surface area contributed by atoms with E-state index in [-0.39, 0.29) is 12.6 Å². The first-order valence-electron chi connectivity index (χ1n) is 9.43. The van der Waals surface area contributed by atoms with E-state index in [0.29, 0.717) is 11.5 Å². The Kier molecular flexibility index (Phi) is 7.17. The Balaban J connectivity index is 2.07. The highest BCUT2D eigenvalue weighted by Gasteiger charge is 2.13. The summed E-state index contributed by atoms with van der Waals surface area (Å²) in [6.45, 7) is 11.4. The second kappa shape index (κ2) is 9.36. The average Bonchev–Trinajstić information content (AvgIpc) is 2.66. The number of aryl methyl sites for hydroxylation is 2. The molecule has 2 aromatic carbocycles. The molecule has 4 nitrogen and oxygen atoms in total. The number of rotatable bonds is 7. The number of benzene rings is 2. The van der Waals surface area contributed by atoms with Crippen molar-refractivity contribution in [2.75, 3.05) is 13.6 Å². The fourth-order valence-corrected chi connectivity index (χ4v) is 2.63. The fourth-order valence-electron chi connectivity index (χ4n) is 2.63. The van der Waals surface area contributed by atoms with Crippen LogP contribution in [-0.2, 0) is 11.3 Å². The summed E-state index contributed by atoms with van der Waals surface area (Å²) in [5, 5.41) is 0. The summed E-state index contributed by atoms with van der Waals surface area (Å²) in [4.78, 5) is 19.0. The van der Waals surface area contributed by atoms with Gasteiger partial charge in [-0.1, -0.05) is 38.1 Å². The summed E-state index contributed by atoms with van der Waals surface area (Å²) in [6.07, 6.45) is 1.81. The first kappa shape index (κ1) is 20.7. The molecule has 0 bridgehead atoms. The Labute approximate surface area is 162 Å². The van der Waals surface area contributed by atoms with Gasteiger partial charge in [-0.15, -0.1) is 0 Å². The minimum atomic E-state index is -0.301. The molecule has 0 spiro atoms. The molecule has 27 heavy (non-hydrogen) atoms. The lowest BCUT2D eigenvalue weighted by atomic mass is 10.0. The van der Waals surface area contributed by atoms with Crippen LogP contribution in [0.2, 0.25) is 0 Å². The van der Waals surface area contributed by atoms with Crippen molar-refractivity contribution in [1.82, 2.24) is 4.90 Å². The smallest absolute Gasteiger partial charge is 0.338 e. The van der Waals surface area contributed by atoms with Gasteiger partial charge in [0.25, 0.3) is 0 Å². The third kappa shape index (κ3) is 5.68. The highest BCUT2D eigenvalue weighted by atomic mass is 16.5. The molecule has 2 rings (SSSR count). The predicted molar refractivity (Wildman–Crippen MR) is 112 cm³/mol. The van der Waals surface area contributed by atoms with Gasteiger partial charge in [-0.25, -0.2) is 9.79 Å². The molecule has 0 atom stereocenters. The van der Waals surface area contributed by atoms with Crippen LogP contribution in [-0.4, -0.2) is 30.8 Å². The van der Waals surface area contributed by atoms with Gasteiger partial charge in [0.05, 0.1) is 17.6 Å². The van der Waals surface area contributed by atoms with Gasteiger partial charge in [0.1, 0.15) is 6.61 Å². The molecule has 0 radical (unpaired) electrons. The minimum Gasteiger partial charge on any atom is -0.457 e. The normalized spacial score (nSPS) is 11.2. The minimum absolute atomic E-state index is 0.275. The van der Waals surface area contributed by atoms with E-state index in [2.05, 4.69) is 37.9 Å². The Morgan fingerprint density at radius 2 is 1.81 bits per heavy atom. The van der Waals surface area contributed by atoms with Crippen LogP contribution in [0.3, 0.4) is 0 Å². The zero-order valence-corrected chi connectivity index (χ0v) is 17.2. The molecule has 0 N–H and O–H groups in total. The highest BCUT2D eigenvalue weighted by molar-refractivity contribution is 5.92. The van der Waals surface area contributed by atoms with Gasteiger partial charge < -0.3 is 9.64 Å². The molecule has 0 aliphatic carbocycles. The summed E-state index contributed by atoms with van der Waals surface area (Å²) in [7, 11) is 1.98.